The number of ether oxygens (including phenoxy) is 7. The number of methoxy groups -OCH3 is 3. The second-order valence-electron chi connectivity index (χ2n) is 19.6. The van der Waals surface area contributed by atoms with E-state index in [0.29, 0.717) is 90.2 Å². The molecule has 3 N–H and O–H groups in total. The zero-order valence-electron chi connectivity index (χ0n) is 52.3. The van der Waals surface area contributed by atoms with Crippen molar-refractivity contribution in [2.24, 2.45) is 0 Å². The van der Waals surface area contributed by atoms with Crippen molar-refractivity contribution in [2.75, 3.05) is 21.3 Å². The Morgan fingerprint density at radius 3 is 1.29 bits per heavy atom. The molecule has 0 unspecified atom stereocenters. The molecule has 0 aliphatic carbocycles. The van der Waals surface area contributed by atoms with Crippen LogP contribution < -0.4 is 48.5 Å². The number of carboxylic acids is 1. The van der Waals surface area contributed by atoms with Gasteiger partial charge in [0.15, 0.2) is 29.5 Å². The van der Waals surface area contributed by atoms with Gasteiger partial charge in [0.1, 0.15) is 40.5 Å². The first kappa shape index (κ1) is 86.4. The molecule has 0 spiro atoms. The van der Waals surface area contributed by atoms with Crippen molar-refractivity contribution in [1.82, 2.24) is 20.3 Å². The number of aliphatic carboxylic acids is 1. The predicted octanol–water partition coefficient (Wildman–Crippen LogP) is 13.2. The summed E-state index contributed by atoms with van der Waals surface area (Å²) in [6, 6.07) is 34.1. The summed E-state index contributed by atoms with van der Waals surface area (Å²) in [5.41, 5.74) is 6.21. The van der Waals surface area contributed by atoms with Crippen LogP contribution in [0.1, 0.15) is 93.6 Å². The Labute approximate surface area is 600 Å². The molecule has 0 amide bonds. The molecule has 0 saturated carbocycles. The fourth-order valence-corrected chi connectivity index (χ4v) is 9.72. The van der Waals surface area contributed by atoms with Crippen LogP contribution in [0.5, 0.6) is 34.8 Å². The topological polar surface area (TPSA) is 325 Å². The molecule has 29 heteroatoms. The van der Waals surface area contributed by atoms with Crippen LogP contribution in [0.3, 0.4) is 0 Å². The molecule has 4 atom stereocenters. The van der Waals surface area contributed by atoms with Crippen molar-refractivity contribution in [2.45, 2.75) is 126 Å². The molecule has 5 aromatic carbocycles. The van der Waals surface area contributed by atoms with Crippen molar-refractivity contribution >= 4 is 102 Å². The summed E-state index contributed by atoms with van der Waals surface area (Å²) >= 11 is 24.5. The number of hydrogen-bond donors (Lipinski definition) is 2. The number of hydrogen-bond acceptors (Lipinski definition) is 22. The summed E-state index contributed by atoms with van der Waals surface area (Å²) in [4.78, 5) is 53.5. The molecule has 514 valence electrons. The Morgan fingerprint density at radius 1 is 0.552 bits per heavy atom. The number of halogens is 4. The zero-order chi connectivity index (χ0) is 66.7. The smallest absolute Gasteiger partial charge is 0.870 e. The largest absolute Gasteiger partial charge is 1.00 e. The maximum absolute atomic E-state index is 11.8. The first-order chi connectivity index (χ1) is 43.3. The fraction of sp³-hybridized carbons (Fsp3) is 0.313. The Bertz CT molecular complexity index is 4090. The summed E-state index contributed by atoms with van der Waals surface area (Å²) in [5.74, 6) is -0.218. The Morgan fingerprint density at radius 2 is 0.938 bits per heavy atom. The van der Waals surface area contributed by atoms with Crippen molar-refractivity contribution in [3.8, 4) is 57.3 Å². The van der Waals surface area contributed by atoms with E-state index in [1.807, 2.05) is 19.1 Å². The van der Waals surface area contributed by atoms with Gasteiger partial charge in [-0.1, -0.05) is 123 Å². The number of aliphatic hydroxyl groups excluding tert-OH is 1. The average molecular weight is 1440 g/mol. The van der Waals surface area contributed by atoms with Gasteiger partial charge in [0.05, 0.1) is 58.4 Å². The number of aromatic nitrogens is 4. The first-order valence-electron chi connectivity index (χ1n) is 27.8. The van der Waals surface area contributed by atoms with Crippen LogP contribution in [0.25, 0.3) is 44.5 Å². The normalized spacial score (nSPS) is 11.6. The summed E-state index contributed by atoms with van der Waals surface area (Å²) in [6.07, 6.45) is -0.925. The molecule has 4 aromatic heterocycles. The third-order valence-corrected chi connectivity index (χ3v) is 15.1. The van der Waals surface area contributed by atoms with Gasteiger partial charge in [-0.05, 0) is 132 Å². The van der Waals surface area contributed by atoms with Crippen LogP contribution >= 0.6 is 46.4 Å². The van der Waals surface area contributed by atoms with E-state index >= 15 is 0 Å². The summed E-state index contributed by atoms with van der Waals surface area (Å²) in [7, 11) is -0.234. The van der Waals surface area contributed by atoms with Crippen molar-refractivity contribution < 1.29 is 119 Å². The molecule has 0 bridgehead atoms. The second-order valence-corrected chi connectivity index (χ2v) is 22.9. The van der Waals surface area contributed by atoms with Crippen LogP contribution in [-0.4, -0.2) is 114 Å². The molecule has 9 rings (SSSR count). The number of benzene rings is 5. The summed E-state index contributed by atoms with van der Waals surface area (Å²) < 4.78 is 75.4. The molecule has 0 aliphatic heterocycles. The van der Waals surface area contributed by atoms with Gasteiger partial charge in [0, 0.05) is 45.4 Å². The number of rotatable bonds is 21. The summed E-state index contributed by atoms with van der Waals surface area (Å²) in [6.45, 7) is 11.7. The number of esters is 3. The van der Waals surface area contributed by atoms with E-state index in [-0.39, 0.29) is 73.0 Å². The summed E-state index contributed by atoms with van der Waals surface area (Å²) in [5, 5.41) is 29.1. The van der Waals surface area contributed by atoms with Crippen LogP contribution in [0.2, 0.25) is 20.1 Å². The van der Waals surface area contributed by atoms with E-state index in [2.05, 4.69) is 38.6 Å². The Kier molecular flexibility index (Phi) is 36.8. The van der Waals surface area contributed by atoms with E-state index in [0.717, 1.165) is 40.9 Å². The zero-order valence-corrected chi connectivity index (χ0v) is 58.1. The quantitative estimate of drug-likeness (QED) is 0.0292. The minimum absolute atomic E-state index is 0. The fourth-order valence-electron chi connectivity index (χ4n) is 8.03. The van der Waals surface area contributed by atoms with E-state index in [4.69, 9.17) is 98.5 Å². The average Bonchev–Trinajstić information content (AvgIpc) is 1.59. The van der Waals surface area contributed by atoms with Gasteiger partial charge in [-0.15, -0.1) is 0 Å². The predicted molar refractivity (Wildman–Crippen MR) is 362 cm³/mol. The van der Waals surface area contributed by atoms with Gasteiger partial charge in [-0.25, -0.2) is 29.1 Å². The van der Waals surface area contributed by atoms with Gasteiger partial charge in [-0.2, -0.15) is 8.42 Å². The number of aryl methyl sites for hydroxylation is 3. The SMILES string of the molecule is C.C.C.CCCc1nc(Oc2ccc(Cl)cc2)ccc1-c1noc2cc(Cl)c(O[C@@H](C)C(=O)O)cc12.CCCc1nc(Oc2ccc(Cl)cc2)ccc1-c1noc2cc(Cl)c(O[C@@H](C)C(=O)OC)cc12.COC(=O)[C@@H](C)O.COC(=O)[C@@H](C)OS(=O)(=O)c1ccc(C)cc1.[Na+].[OH-]. The van der Waals surface area contributed by atoms with Crippen molar-refractivity contribution in [3.63, 3.8) is 0 Å². The third-order valence-electron chi connectivity index (χ3n) is 12.6. The van der Waals surface area contributed by atoms with Gasteiger partial charge in [-0.3, -0.25) is 4.18 Å². The van der Waals surface area contributed by atoms with Gasteiger partial charge >= 0.3 is 53.4 Å². The third kappa shape index (κ3) is 24.2. The molecular weight excluding hydrogens is 1360 g/mol. The molecule has 0 aliphatic rings. The molecule has 23 nitrogen and oxygen atoms in total. The van der Waals surface area contributed by atoms with Crippen molar-refractivity contribution in [3.05, 3.63) is 158 Å². The number of carbonyl (C=O) groups is 4. The first-order valence-corrected chi connectivity index (χ1v) is 30.7. The van der Waals surface area contributed by atoms with Crippen LogP contribution in [0, 0.1) is 6.92 Å². The van der Waals surface area contributed by atoms with Gasteiger partial charge in [0.2, 0.25) is 11.8 Å². The standard InChI is InChI=1S/C25H22Cl2N2O5.C24H20Cl2N2O5.C11H14O5S.C4H8O3.3CH4.Na.H2O/c1-4-5-20-17(10-11-23(28-20)33-16-8-6-15(26)7-9-16)24-18-12-22(32-14(2)25(30)31-3)19(27)13-21(18)34-29-24;1-3-4-19-16(9-10-22(27-19)32-15-7-5-14(25)6-8-15)23-17-11-21(31-13(2)24(29)30)18(26)12-20(17)33-28-23;1-8-4-6-10(7-5-8)17(13,14)16-9(2)11(12)15-3;1-3(5)4(6)7-2;;;;;/h6-14H,4-5H2,1-3H3;5-13H,3-4H2,1-2H3,(H,29,30);4-7,9H,1-3H3;3,5H,1-2H3;3*1H4;;1H2/q;;;;;;;+1;/p-1/t14-;13-;9-;3-;;;;;/m0011...../s1. The molecule has 9 aromatic rings. The Balaban J connectivity index is 0.000000696. The number of carboxylic acid groups (broad SMARTS) is 1. The minimum Gasteiger partial charge on any atom is -0.870 e. The second kappa shape index (κ2) is 40.8. The molecule has 0 saturated heterocycles. The Hall–Kier alpha value is -7.59. The number of nitrogens with zero attached hydrogens (tertiary/aromatic N) is 4. The minimum atomic E-state index is -3.93. The monoisotopic (exact) mass is 1440 g/mol. The van der Waals surface area contributed by atoms with Crippen LogP contribution in [0.4, 0.5) is 0 Å². The maximum atomic E-state index is 11.8. The number of pyridine rings is 2. The molecule has 96 heavy (non-hydrogen) atoms. The number of aliphatic hydroxyl groups is 1. The van der Waals surface area contributed by atoms with Crippen molar-refractivity contribution in [1.29, 1.82) is 0 Å². The van der Waals surface area contributed by atoms with E-state index in [9.17, 15) is 27.6 Å². The molecule has 0 radical (unpaired) electrons. The van der Waals surface area contributed by atoms with Gasteiger partial charge in [0.25, 0.3) is 10.1 Å². The van der Waals surface area contributed by atoms with Gasteiger partial charge < -0.3 is 57.9 Å². The van der Waals surface area contributed by atoms with E-state index in [1.54, 1.807) is 104 Å². The molecule has 4 heterocycles. The van der Waals surface area contributed by atoms with E-state index in [1.165, 1.54) is 54.2 Å². The van der Waals surface area contributed by atoms with Crippen LogP contribution in [0.15, 0.2) is 135 Å². The number of fused-ring (bicyclic) bond motifs is 2. The molecule has 0 fully saturated rings. The molecular formula is C67H77Cl4N4NaO19S. The van der Waals surface area contributed by atoms with E-state index < -0.39 is 58.4 Å². The maximum Gasteiger partial charge on any atom is 1.00 e. The van der Waals surface area contributed by atoms with Crippen LogP contribution in [-0.2, 0) is 60.5 Å². The number of carbonyl (C=O) groups excluding carboxylic acids is 3.